The van der Waals surface area contributed by atoms with Crippen molar-refractivity contribution in [2.24, 2.45) is 0 Å². The Morgan fingerprint density at radius 1 is 1.25 bits per heavy atom. The number of pyridine rings is 1. The summed E-state index contributed by atoms with van der Waals surface area (Å²) in [7, 11) is 1.32. The van der Waals surface area contributed by atoms with Gasteiger partial charge in [0, 0.05) is 6.07 Å². The predicted octanol–water partition coefficient (Wildman–Crippen LogP) is 3.19. The number of rotatable bonds is 9. The summed E-state index contributed by atoms with van der Waals surface area (Å²) in [5, 5.41) is 0. The van der Waals surface area contributed by atoms with Gasteiger partial charge in [-0.3, -0.25) is 0 Å². The molecule has 0 amide bonds. The number of anilines is 1. The van der Waals surface area contributed by atoms with E-state index in [1.807, 2.05) is 0 Å². The van der Waals surface area contributed by atoms with Crippen molar-refractivity contribution in [1.29, 1.82) is 0 Å². The number of aromatic nitrogens is 1. The zero-order valence-corrected chi connectivity index (χ0v) is 12.4. The molecule has 0 bridgehead atoms. The van der Waals surface area contributed by atoms with Crippen LogP contribution in [0.5, 0.6) is 5.88 Å². The fourth-order valence-corrected chi connectivity index (χ4v) is 1.87. The quantitative estimate of drug-likeness (QED) is 0.555. The minimum absolute atomic E-state index is 0.292. The largest absolute Gasteiger partial charge is 0.478 e. The smallest absolute Gasteiger partial charge is 0.340 e. The summed E-state index contributed by atoms with van der Waals surface area (Å²) in [6.45, 7) is 2.80. The van der Waals surface area contributed by atoms with Gasteiger partial charge in [0.15, 0.2) is 0 Å². The van der Waals surface area contributed by atoms with Gasteiger partial charge >= 0.3 is 5.97 Å². The van der Waals surface area contributed by atoms with Gasteiger partial charge in [-0.05, 0) is 6.42 Å². The molecule has 1 heterocycles. The lowest BCUT2D eigenvalue weighted by Crippen LogP contribution is -2.08. The fraction of sp³-hybridized carbons (Fsp3) is 0.600. The van der Waals surface area contributed by atoms with Crippen molar-refractivity contribution in [1.82, 2.24) is 4.98 Å². The number of hydrogen-bond donors (Lipinski definition) is 1. The first-order valence-electron chi connectivity index (χ1n) is 7.15. The lowest BCUT2D eigenvalue weighted by molar-refractivity contribution is 0.0601. The van der Waals surface area contributed by atoms with Crippen LogP contribution in [0.25, 0.3) is 0 Å². The van der Waals surface area contributed by atoms with Crippen molar-refractivity contribution in [3.8, 4) is 5.88 Å². The average molecular weight is 280 g/mol. The summed E-state index contributed by atoms with van der Waals surface area (Å²) in [5.41, 5.74) is 6.26. The third-order valence-corrected chi connectivity index (χ3v) is 3.06. The second-order valence-electron chi connectivity index (χ2n) is 4.72. The van der Waals surface area contributed by atoms with E-state index in [9.17, 15) is 4.79 Å². The van der Waals surface area contributed by atoms with Crippen molar-refractivity contribution < 1.29 is 14.3 Å². The Kier molecular flexibility index (Phi) is 7.47. The molecule has 0 aromatic carbocycles. The SMILES string of the molecule is CCCCCCCCOc1cc(C(=O)OC)c(N)cn1. The van der Waals surface area contributed by atoms with Crippen LogP contribution in [-0.2, 0) is 4.74 Å². The highest BCUT2D eigenvalue weighted by atomic mass is 16.5. The van der Waals surface area contributed by atoms with Gasteiger partial charge in [-0.15, -0.1) is 0 Å². The molecule has 1 aromatic heterocycles. The third kappa shape index (κ3) is 5.47. The number of unbranched alkanes of at least 4 members (excludes halogenated alkanes) is 5. The van der Waals surface area contributed by atoms with Gasteiger partial charge < -0.3 is 15.2 Å². The molecule has 0 saturated carbocycles. The zero-order valence-electron chi connectivity index (χ0n) is 12.4. The molecule has 20 heavy (non-hydrogen) atoms. The molecule has 0 saturated heterocycles. The second-order valence-corrected chi connectivity index (χ2v) is 4.72. The van der Waals surface area contributed by atoms with Gasteiger partial charge in [-0.2, -0.15) is 0 Å². The van der Waals surface area contributed by atoms with Crippen LogP contribution in [0.3, 0.4) is 0 Å². The van der Waals surface area contributed by atoms with E-state index >= 15 is 0 Å². The molecule has 0 unspecified atom stereocenters. The average Bonchev–Trinajstić information content (AvgIpc) is 2.47. The van der Waals surface area contributed by atoms with E-state index in [1.54, 1.807) is 0 Å². The number of nitrogen functional groups attached to an aromatic ring is 1. The molecule has 0 fully saturated rings. The minimum atomic E-state index is -0.477. The highest BCUT2D eigenvalue weighted by Crippen LogP contribution is 2.17. The molecule has 0 atom stereocenters. The molecule has 1 aromatic rings. The van der Waals surface area contributed by atoms with E-state index in [0.717, 1.165) is 12.8 Å². The Bertz CT molecular complexity index is 422. The number of ether oxygens (including phenoxy) is 2. The first kappa shape index (κ1) is 16.3. The molecule has 5 nitrogen and oxygen atoms in total. The van der Waals surface area contributed by atoms with Gasteiger partial charge in [0.05, 0.1) is 31.2 Å². The Balaban J connectivity index is 2.35. The van der Waals surface area contributed by atoms with Crippen molar-refractivity contribution in [3.05, 3.63) is 17.8 Å². The van der Waals surface area contributed by atoms with Crippen molar-refractivity contribution >= 4 is 11.7 Å². The third-order valence-electron chi connectivity index (χ3n) is 3.06. The number of esters is 1. The van der Waals surface area contributed by atoms with E-state index in [1.165, 1.54) is 45.1 Å². The molecular weight excluding hydrogens is 256 g/mol. The van der Waals surface area contributed by atoms with E-state index in [0.29, 0.717) is 23.7 Å². The van der Waals surface area contributed by atoms with Crippen LogP contribution in [-0.4, -0.2) is 24.7 Å². The number of nitrogens with two attached hydrogens (primary N) is 1. The number of carbonyl (C=O) groups excluding carboxylic acids is 1. The zero-order chi connectivity index (χ0) is 14.8. The predicted molar refractivity (Wildman–Crippen MR) is 78.9 cm³/mol. The normalized spacial score (nSPS) is 10.3. The number of carbonyl (C=O) groups is 1. The lowest BCUT2D eigenvalue weighted by Gasteiger charge is -2.08. The second kappa shape index (κ2) is 9.18. The Hall–Kier alpha value is -1.78. The van der Waals surface area contributed by atoms with Crippen LogP contribution in [0.2, 0.25) is 0 Å². The van der Waals surface area contributed by atoms with E-state index in [-0.39, 0.29) is 0 Å². The van der Waals surface area contributed by atoms with Crippen LogP contribution in [0.1, 0.15) is 55.8 Å². The van der Waals surface area contributed by atoms with Crippen molar-refractivity contribution in [3.63, 3.8) is 0 Å². The summed E-state index contributed by atoms with van der Waals surface area (Å²) in [5.74, 6) is -0.0672. The van der Waals surface area contributed by atoms with Crippen LogP contribution >= 0.6 is 0 Å². The molecule has 5 heteroatoms. The number of hydrogen-bond acceptors (Lipinski definition) is 5. The van der Waals surface area contributed by atoms with Gasteiger partial charge in [0.2, 0.25) is 5.88 Å². The molecule has 1 rings (SSSR count). The molecule has 0 spiro atoms. The first-order valence-corrected chi connectivity index (χ1v) is 7.15. The molecule has 0 aliphatic carbocycles. The minimum Gasteiger partial charge on any atom is -0.478 e. The number of methoxy groups -OCH3 is 1. The number of nitrogens with zero attached hydrogens (tertiary/aromatic N) is 1. The summed E-state index contributed by atoms with van der Waals surface area (Å²) >= 11 is 0. The van der Waals surface area contributed by atoms with Gasteiger partial charge in [-0.1, -0.05) is 39.0 Å². The van der Waals surface area contributed by atoms with E-state index in [4.69, 9.17) is 10.5 Å². The lowest BCUT2D eigenvalue weighted by atomic mass is 10.1. The fourth-order valence-electron chi connectivity index (χ4n) is 1.87. The highest BCUT2D eigenvalue weighted by Gasteiger charge is 2.12. The maximum absolute atomic E-state index is 11.5. The Labute approximate surface area is 120 Å². The summed E-state index contributed by atoms with van der Waals surface area (Å²) in [6, 6.07) is 1.53. The van der Waals surface area contributed by atoms with Crippen LogP contribution in [0.15, 0.2) is 12.3 Å². The molecule has 0 aliphatic rings. The molecule has 112 valence electrons. The molecule has 0 aliphatic heterocycles. The van der Waals surface area contributed by atoms with Gasteiger partial charge in [0.1, 0.15) is 0 Å². The summed E-state index contributed by atoms with van der Waals surface area (Å²) < 4.78 is 10.2. The summed E-state index contributed by atoms with van der Waals surface area (Å²) in [4.78, 5) is 15.5. The Morgan fingerprint density at radius 3 is 2.65 bits per heavy atom. The molecular formula is C15H24N2O3. The van der Waals surface area contributed by atoms with Crippen LogP contribution in [0, 0.1) is 0 Å². The maximum Gasteiger partial charge on any atom is 0.340 e. The topological polar surface area (TPSA) is 74.4 Å². The maximum atomic E-state index is 11.5. The first-order chi connectivity index (χ1) is 9.69. The Morgan fingerprint density at radius 2 is 1.95 bits per heavy atom. The monoisotopic (exact) mass is 280 g/mol. The van der Waals surface area contributed by atoms with Crippen LogP contribution in [0.4, 0.5) is 5.69 Å². The van der Waals surface area contributed by atoms with Crippen LogP contribution < -0.4 is 10.5 Å². The van der Waals surface area contributed by atoms with Gasteiger partial charge in [0.25, 0.3) is 0 Å². The van der Waals surface area contributed by atoms with E-state index in [2.05, 4.69) is 16.6 Å². The van der Waals surface area contributed by atoms with Crippen molar-refractivity contribution in [2.75, 3.05) is 19.5 Å². The molecule has 2 N–H and O–H groups in total. The molecule has 0 radical (unpaired) electrons. The standard InChI is InChI=1S/C15H24N2O3/c1-3-4-5-6-7-8-9-20-14-10-12(15(18)19-2)13(16)11-17-14/h10-11H,3-9,16H2,1-2H3. The van der Waals surface area contributed by atoms with E-state index < -0.39 is 5.97 Å². The summed E-state index contributed by atoms with van der Waals surface area (Å²) in [6.07, 6.45) is 8.62. The van der Waals surface area contributed by atoms with Gasteiger partial charge in [-0.25, -0.2) is 9.78 Å². The van der Waals surface area contributed by atoms with Crippen molar-refractivity contribution in [2.45, 2.75) is 45.4 Å². The highest BCUT2D eigenvalue weighted by molar-refractivity contribution is 5.95.